The lowest BCUT2D eigenvalue weighted by atomic mass is 9.87. The van der Waals surface area contributed by atoms with Crippen LogP contribution < -0.4 is 0 Å². The molecular formula is C21H23NO4. The van der Waals surface area contributed by atoms with Gasteiger partial charge in [-0.25, -0.2) is 4.79 Å². The lowest BCUT2D eigenvalue weighted by Gasteiger charge is -2.26. The fraction of sp³-hybridized carbons (Fsp3) is 0.381. The number of aliphatic hydroxyl groups is 1. The molecule has 2 aliphatic rings. The second kappa shape index (κ2) is 6.83. The summed E-state index contributed by atoms with van der Waals surface area (Å²) in [5, 5.41) is 19.7. The van der Waals surface area contributed by atoms with E-state index in [9.17, 15) is 9.90 Å². The Morgan fingerprint density at radius 1 is 1.15 bits per heavy atom. The van der Waals surface area contributed by atoms with Gasteiger partial charge in [0.2, 0.25) is 0 Å². The number of nitrogens with zero attached hydrogens (tertiary/aromatic N) is 1. The number of hydrogen-bond acceptors (Lipinski definition) is 4. The molecule has 0 amide bonds. The summed E-state index contributed by atoms with van der Waals surface area (Å²) in [6.45, 7) is 2.58. The summed E-state index contributed by atoms with van der Waals surface area (Å²) in [5.74, 6) is -0.598. The zero-order chi connectivity index (χ0) is 18.1. The fourth-order valence-electron chi connectivity index (χ4n) is 4.17. The highest BCUT2D eigenvalue weighted by Crippen LogP contribution is 2.42. The lowest BCUT2D eigenvalue weighted by molar-refractivity contribution is -0.0594. The molecule has 5 heteroatoms. The Morgan fingerprint density at radius 2 is 1.88 bits per heavy atom. The van der Waals surface area contributed by atoms with Gasteiger partial charge in [-0.15, -0.1) is 0 Å². The van der Waals surface area contributed by atoms with E-state index in [1.807, 2.05) is 30.3 Å². The number of β-amino-alcohol motifs (C(OH)–C–C–N with tert-alkyl or cyclic N) is 1. The second-order valence-corrected chi connectivity index (χ2v) is 7.38. The fourth-order valence-corrected chi connectivity index (χ4v) is 4.17. The summed E-state index contributed by atoms with van der Waals surface area (Å²) in [7, 11) is 0. The maximum Gasteiger partial charge on any atom is 0.335 e. The molecule has 0 aliphatic carbocycles. The van der Waals surface area contributed by atoms with E-state index in [1.54, 1.807) is 12.1 Å². The topological polar surface area (TPSA) is 70.0 Å². The molecule has 2 aliphatic heterocycles. The predicted octanol–water partition coefficient (Wildman–Crippen LogP) is 2.50. The molecule has 0 bridgehead atoms. The molecule has 2 heterocycles. The normalized spacial score (nSPS) is 28.7. The predicted molar refractivity (Wildman–Crippen MR) is 97.2 cm³/mol. The summed E-state index contributed by atoms with van der Waals surface area (Å²) < 4.78 is 6.13. The molecule has 2 aromatic rings. The average Bonchev–Trinajstić information content (AvgIpc) is 3.20. The SMILES string of the molecule is O=C(O)c1ccc(CN2C[C@@H](O)[C@@]3(C[C@H](c4ccccc4)CO3)C2)cc1. The first-order chi connectivity index (χ1) is 12.6. The summed E-state index contributed by atoms with van der Waals surface area (Å²) in [6, 6.07) is 17.3. The van der Waals surface area contributed by atoms with Crippen molar-refractivity contribution < 1.29 is 19.7 Å². The molecule has 2 saturated heterocycles. The summed E-state index contributed by atoms with van der Waals surface area (Å²) in [4.78, 5) is 13.1. The average molecular weight is 353 g/mol. The number of benzene rings is 2. The van der Waals surface area contributed by atoms with E-state index >= 15 is 0 Å². The van der Waals surface area contributed by atoms with Crippen molar-refractivity contribution in [2.75, 3.05) is 19.7 Å². The smallest absolute Gasteiger partial charge is 0.335 e. The van der Waals surface area contributed by atoms with Gasteiger partial charge in [-0.3, -0.25) is 4.90 Å². The Hall–Kier alpha value is -2.21. The molecule has 3 atom stereocenters. The van der Waals surface area contributed by atoms with Gasteiger partial charge in [0.1, 0.15) is 5.60 Å². The van der Waals surface area contributed by atoms with Crippen LogP contribution in [0.3, 0.4) is 0 Å². The van der Waals surface area contributed by atoms with E-state index in [0.717, 1.165) is 12.0 Å². The van der Waals surface area contributed by atoms with Gasteiger partial charge in [-0.2, -0.15) is 0 Å². The van der Waals surface area contributed by atoms with Crippen molar-refractivity contribution in [1.82, 2.24) is 4.90 Å². The Bertz CT molecular complexity index is 776. The summed E-state index contributed by atoms with van der Waals surface area (Å²) >= 11 is 0. The molecule has 0 unspecified atom stereocenters. The molecule has 0 radical (unpaired) electrons. The summed E-state index contributed by atoms with van der Waals surface area (Å²) in [6.07, 6.45) is 0.321. The van der Waals surface area contributed by atoms with Crippen molar-refractivity contribution in [3.8, 4) is 0 Å². The lowest BCUT2D eigenvalue weighted by Crippen LogP contribution is -2.41. The third-order valence-corrected chi connectivity index (χ3v) is 5.57. The number of carbonyl (C=O) groups is 1. The minimum absolute atomic E-state index is 0.288. The van der Waals surface area contributed by atoms with Crippen molar-refractivity contribution in [1.29, 1.82) is 0 Å². The van der Waals surface area contributed by atoms with Crippen LogP contribution in [0.25, 0.3) is 0 Å². The van der Waals surface area contributed by atoms with Crippen LogP contribution in [-0.4, -0.2) is 52.5 Å². The van der Waals surface area contributed by atoms with Crippen molar-refractivity contribution >= 4 is 5.97 Å². The van der Waals surface area contributed by atoms with Crippen LogP contribution in [0.2, 0.25) is 0 Å². The largest absolute Gasteiger partial charge is 0.478 e. The summed E-state index contributed by atoms with van der Waals surface area (Å²) in [5.41, 5.74) is 2.09. The highest BCUT2D eigenvalue weighted by molar-refractivity contribution is 5.87. The molecular weight excluding hydrogens is 330 g/mol. The van der Waals surface area contributed by atoms with Crippen molar-refractivity contribution in [3.05, 3.63) is 71.3 Å². The number of ether oxygens (including phenoxy) is 1. The molecule has 0 aromatic heterocycles. The van der Waals surface area contributed by atoms with Gasteiger partial charge in [0.25, 0.3) is 0 Å². The van der Waals surface area contributed by atoms with Gasteiger partial charge in [0.15, 0.2) is 0 Å². The van der Waals surface area contributed by atoms with Gasteiger partial charge < -0.3 is 14.9 Å². The molecule has 2 N–H and O–H groups in total. The highest BCUT2D eigenvalue weighted by atomic mass is 16.5. The van der Waals surface area contributed by atoms with Crippen LogP contribution >= 0.6 is 0 Å². The van der Waals surface area contributed by atoms with Crippen LogP contribution in [0.15, 0.2) is 54.6 Å². The number of hydrogen-bond donors (Lipinski definition) is 2. The number of carboxylic acid groups (broad SMARTS) is 1. The third-order valence-electron chi connectivity index (χ3n) is 5.57. The van der Waals surface area contributed by atoms with Crippen LogP contribution in [0, 0.1) is 0 Å². The molecule has 1 spiro atoms. The molecule has 5 nitrogen and oxygen atoms in total. The van der Waals surface area contributed by atoms with Crippen LogP contribution in [-0.2, 0) is 11.3 Å². The maximum absolute atomic E-state index is 11.0. The molecule has 4 rings (SSSR count). The standard InChI is InChI=1S/C21H23NO4/c23-19-12-22(11-15-6-8-17(9-7-15)20(24)25)14-21(19)10-18(13-26-21)16-4-2-1-3-5-16/h1-9,18-19,23H,10-14H2,(H,24,25)/t18-,19+,21+/m0/s1. The minimum atomic E-state index is -0.918. The highest BCUT2D eigenvalue weighted by Gasteiger charge is 2.51. The Kier molecular flexibility index (Phi) is 4.53. The van der Waals surface area contributed by atoms with Crippen LogP contribution in [0.5, 0.6) is 0 Å². The van der Waals surface area contributed by atoms with Crippen LogP contribution in [0.4, 0.5) is 0 Å². The Balaban J connectivity index is 1.42. The number of rotatable bonds is 4. The van der Waals surface area contributed by atoms with E-state index in [0.29, 0.717) is 32.2 Å². The number of carboxylic acids is 1. The van der Waals surface area contributed by atoms with Crippen molar-refractivity contribution in [2.24, 2.45) is 0 Å². The maximum atomic E-state index is 11.0. The first-order valence-electron chi connectivity index (χ1n) is 8.97. The number of aliphatic hydroxyl groups excluding tert-OH is 1. The number of aromatic carboxylic acids is 1. The van der Waals surface area contributed by atoms with Gasteiger partial charge >= 0.3 is 5.97 Å². The van der Waals surface area contributed by atoms with E-state index < -0.39 is 17.7 Å². The zero-order valence-electron chi connectivity index (χ0n) is 14.5. The van der Waals surface area contributed by atoms with E-state index in [2.05, 4.69) is 17.0 Å². The Labute approximate surface area is 152 Å². The van der Waals surface area contributed by atoms with Crippen molar-refractivity contribution in [2.45, 2.75) is 30.6 Å². The Morgan fingerprint density at radius 3 is 2.58 bits per heavy atom. The minimum Gasteiger partial charge on any atom is -0.478 e. The van der Waals surface area contributed by atoms with Crippen LogP contribution in [0.1, 0.15) is 33.8 Å². The van der Waals surface area contributed by atoms with Gasteiger partial charge in [0, 0.05) is 25.6 Å². The van der Waals surface area contributed by atoms with Gasteiger partial charge in [-0.05, 0) is 29.7 Å². The molecule has 0 saturated carbocycles. The monoisotopic (exact) mass is 353 g/mol. The molecule has 2 aromatic carbocycles. The second-order valence-electron chi connectivity index (χ2n) is 7.38. The van der Waals surface area contributed by atoms with E-state index in [-0.39, 0.29) is 5.56 Å². The zero-order valence-corrected chi connectivity index (χ0v) is 14.5. The number of likely N-dealkylation sites (tertiary alicyclic amines) is 1. The third kappa shape index (κ3) is 3.26. The molecule has 136 valence electrons. The molecule has 2 fully saturated rings. The van der Waals surface area contributed by atoms with E-state index in [1.165, 1.54) is 5.56 Å². The van der Waals surface area contributed by atoms with Crippen molar-refractivity contribution in [3.63, 3.8) is 0 Å². The first kappa shape index (κ1) is 17.2. The van der Waals surface area contributed by atoms with Gasteiger partial charge in [-0.1, -0.05) is 42.5 Å². The molecule has 26 heavy (non-hydrogen) atoms. The van der Waals surface area contributed by atoms with Gasteiger partial charge in [0.05, 0.1) is 18.3 Å². The quantitative estimate of drug-likeness (QED) is 0.884. The van der Waals surface area contributed by atoms with E-state index in [4.69, 9.17) is 9.84 Å². The first-order valence-corrected chi connectivity index (χ1v) is 8.97.